The number of aromatic nitrogens is 2. The summed E-state index contributed by atoms with van der Waals surface area (Å²) in [7, 11) is 0. The van der Waals surface area contributed by atoms with Crippen LogP contribution in [0.5, 0.6) is 0 Å². The van der Waals surface area contributed by atoms with Crippen molar-refractivity contribution in [3.05, 3.63) is 58.9 Å². The molecule has 0 bridgehead atoms. The lowest BCUT2D eigenvalue weighted by atomic mass is 9.96. The van der Waals surface area contributed by atoms with E-state index in [2.05, 4.69) is 4.98 Å². The van der Waals surface area contributed by atoms with Crippen molar-refractivity contribution in [3.63, 3.8) is 0 Å². The second kappa shape index (κ2) is 8.27. The molecule has 2 aliphatic heterocycles. The van der Waals surface area contributed by atoms with Crippen LogP contribution in [0.4, 0.5) is 4.39 Å². The summed E-state index contributed by atoms with van der Waals surface area (Å²) in [6, 6.07) is 6.39. The van der Waals surface area contributed by atoms with Crippen LogP contribution in [-0.4, -0.2) is 51.2 Å². The molecule has 29 heavy (non-hydrogen) atoms. The second-order valence-corrected chi connectivity index (χ2v) is 7.84. The zero-order valence-corrected chi connectivity index (χ0v) is 16.6. The largest absolute Gasteiger partial charge is 0.342 e. The lowest BCUT2D eigenvalue weighted by Gasteiger charge is -2.32. The van der Waals surface area contributed by atoms with Gasteiger partial charge in [-0.15, -0.1) is 0 Å². The molecule has 4 rings (SSSR count). The van der Waals surface area contributed by atoms with Gasteiger partial charge in [0.05, 0.1) is 12.1 Å². The third-order valence-electron chi connectivity index (χ3n) is 5.84. The van der Waals surface area contributed by atoms with E-state index in [1.165, 1.54) is 6.07 Å². The molecule has 1 atom stereocenters. The molecule has 0 N–H and O–H groups in total. The van der Waals surface area contributed by atoms with E-state index in [0.29, 0.717) is 31.6 Å². The fraction of sp³-hybridized carbons (Fsp3) is 0.455. The number of halogens is 1. The summed E-state index contributed by atoms with van der Waals surface area (Å²) in [6.07, 6.45) is 4.48. The van der Waals surface area contributed by atoms with E-state index < -0.39 is 0 Å². The SMILES string of the molecule is CC(=O)N1CCC[C@H](c2ncc3c(n2)CCN(C(=O)Cc2ccccc2F)C3)C1. The van der Waals surface area contributed by atoms with Gasteiger partial charge in [-0.05, 0) is 24.5 Å². The van der Waals surface area contributed by atoms with E-state index in [-0.39, 0.29) is 30.0 Å². The van der Waals surface area contributed by atoms with Gasteiger partial charge < -0.3 is 9.80 Å². The fourth-order valence-corrected chi connectivity index (χ4v) is 4.13. The molecule has 1 saturated heterocycles. The van der Waals surface area contributed by atoms with E-state index in [1.54, 1.807) is 30.0 Å². The highest BCUT2D eigenvalue weighted by Gasteiger charge is 2.27. The molecular weight excluding hydrogens is 371 g/mol. The average molecular weight is 396 g/mol. The Bertz CT molecular complexity index is 933. The van der Waals surface area contributed by atoms with Crippen LogP contribution in [0.25, 0.3) is 0 Å². The van der Waals surface area contributed by atoms with Crippen LogP contribution in [0.3, 0.4) is 0 Å². The summed E-state index contributed by atoms with van der Waals surface area (Å²) in [4.78, 5) is 37.2. The van der Waals surface area contributed by atoms with Crippen molar-refractivity contribution in [1.29, 1.82) is 0 Å². The van der Waals surface area contributed by atoms with Crippen LogP contribution in [0.1, 0.15) is 48.3 Å². The first-order chi connectivity index (χ1) is 14.0. The van der Waals surface area contributed by atoms with Crippen molar-refractivity contribution in [2.45, 2.75) is 45.1 Å². The summed E-state index contributed by atoms with van der Waals surface area (Å²) in [5.41, 5.74) is 2.34. The Kier molecular flexibility index (Phi) is 5.56. The van der Waals surface area contributed by atoms with Crippen LogP contribution >= 0.6 is 0 Å². The van der Waals surface area contributed by atoms with Crippen molar-refractivity contribution < 1.29 is 14.0 Å². The first-order valence-electron chi connectivity index (χ1n) is 10.1. The van der Waals surface area contributed by atoms with Gasteiger partial charge in [0.15, 0.2) is 0 Å². The smallest absolute Gasteiger partial charge is 0.227 e. The quantitative estimate of drug-likeness (QED) is 0.800. The minimum Gasteiger partial charge on any atom is -0.342 e. The van der Waals surface area contributed by atoms with Crippen molar-refractivity contribution in [2.24, 2.45) is 0 Å². The number of piperidine rings is 1. The van der Waals surface area contributed by atoms with E-state index in [4.69, 9.17) is 4.98 Å². The molecule has 1 aromatic heterocycles. The van der Waals surface area contributed by atoms with Crippen molar-refractivity contribution in [2.75, 3.05) is 19.6 Å². The zero-order chi connectivity index (χ0) is 20.4. The molecule has 2 amide bonds. The van der Waals surface area contributed by atoms with Gasteiger partial charge in [-0.2, -0.15) is 0 Å². The topological polar surface area (TPSA) is 66.4 Å². The van der Waals surface area contributed by atoms with Crippen LogP contribution in [0, 0.1) is 5.82 Å². The number of carbonyl (C=O) groups excluding carboxylic acids is 2. The van der Waals surface area contributed by atoms with Gasteiger partial charge in [0.25, 0.3) is 0 Å². The highest BCUT2D eigenvalue weighted by Crippen LogP contribution is 2.26. The number of rotatable bonds is 3. The average Bonchev–Trinajstić information content (AvgIpc) is 2.74. The Labute approximate surface area is 169 Å². The van der Waals surface area contributed by atoms with Crippen molar-refractivity contribution in [3.8, 4) is 0 Å². The summed E-state index contributed by atoms with van der Waals surface area (Å²) in [5.74, 6) is 0.615. The Morgan fingerprint density at radius 2 is 2.03 bits per heavy atom. The number of carbonyl (C=O) groups is 2. The van der Waals surface area contributed by atoms with Crippen LogP contribution in [-0.2, 0) is 29.0 Å². The molecular formula is C22H25FN4O2. The maximum Gasteiger partial charge on any atom is 0.227 e. The van der Waals surface area contributed by atoms with Crippen LogP contribution in [0.15, 0.2) is 30.5 Å². The lowest BCUT2D eigenvalue weighted by molar-refractivity contribution is -0.131. The molecule has 1 aromatic carbocycles. The molecule has 7 heteroatoms. The number of likely N-dealkylation sites (tertiary alicyclic amines) is 1. The van der Waals surface area contributed by atoms with E-state index >= 15 is 0 Å². The fourth-order valence-electron chi connectivity index (χ4n) is 4.13. The molecule has 1 fully saturated rings. The molecule has 3 heterocycles. The molecule has 2 aromatic rings. The van der Waals surface area contributed by atoms with Crippen molar-refractivity contribution >= 4 is 11.8 Å². The minimum absolute atomic E-state index is 0.0594. The molecule has 6 nitrogen and oxygen atoms in total. The summed E-state index contributed by atoms with van der Waals surface area (Å²) in [5, 5.41) is 0. The first-order valence-corrected chi connectivity index (χ1v) is 10.1. The summed E-state index contributed by atoms with van der Waals surface area (Å²) in [6.45, 7) is 4.09. The van der Waals surface area contributed by atoms with Crippen molar-refractivity contribution in [1.82, 2.24) is 19.8 Å². The van der Waals surface area contributed by atoms with E-state index in [0.717, 1.165) is 36.5 Å². The predicted octanol–water partition coefficient (Wildman–Crippen LogP) is 2.47. The first kappa shape index (κ1) is 19.5. The maximum absolute atomic E-state index is 13.8. The van der Waals surface area contributed by atoms with Crippen LogP contribution < -0.4 is 0 Å². The number of hydrogen-bond acceptors (Lipinski definition) is 4. The van der Waals surface area contributed by atoms with Crippen LogP contribution in [0.2, 0.25) is 0 Å². The molecule has 0 radical (unpaired) electrons. The third kappa shape index (κ3) is 4.28. The van der Waals surface area contributed by atoms with E-state index in [9.17, 15) is 14.0 Å². The van der Waals surface area contributed by atoms with Gasteiger partial charge in [-0.3, -0.25) is 9.59 Å². The number of benzene rings is 1. The minimum atomic E-state index is -0.349. The second-order valence-electron chi connectivity index (χ2n) is 7.84. The number of nitrogens with zero attached hydrogens (tertiary/aromatic N) is 4. The molecule has 152 valence electrons. The maximum atomic E-state index is 13.8. The van der Waals surface area contributed by atoms with Gasteiger partial charge in [0.1, 0.15) is 11.6 Å². The lowest BCUT2D eigenvalue weighted by Crippen LogP contribution is -2.39. The molecule has 2 aliphatic rings. The molecule has 0 saturated carbocycles. The highest BCUT2D eigenvalue weighted by molar-refractivity contribution is 5.79. The molecule has 0 spiro atoms. The van der Waals surface area contributed by atoms with E-state index in [1.807, 2.05) is 11.1 Å². The van der Waals surface area contributed by atoms with Gasteiger partial charge in [0, 0.05) is 57.2 Å². The van der Waals surface area contributed by atoms with Gasteiger partial charge in [-0.25, -0.2) is 14.4 Å². The van der Waals surface area contributed by atoms with Gasteiger partial charge >= 0.3 is 0 Å². The summed E-state index contributed by atoms with van der Waals surface area (Å²) >= 11 is 0. The molecule has 0 aliphatic carbocycles. The Morgan fingerprint density at radius 3 is 2.83 bits per heavy atom. The normalized spacial score (nSPS) is 19.0. The number of hydrogen-bond donors (Lipinski definition) is 0. The Morgan fingerprint density at radius 1 is 1.21 bits per heavy atom. The standard InChI is InChI=1S/C22H25FN4O2/c1-15(28)26-9-4-6-17(13-26)22-24-12-18-14-27(10-8-20(18)25-22)21(29)11-16-5-2-3-7-19(16)23/h2-3,5,7,12,17H,4,6,8-11,13-14H2,1H3/t17-/m0/s1. The predicted molar refractivity (Wildman–Crippen MR) is 105 cm³/mol. The Hall–Kier alpha value is -2.83. The highest BCUT2D eigenvalue weighted by atomic mass is 19.1. The van der Waals surface area contributed by atoms with Gasteiger partial charge in [0.2, 0.25) is 11.8 Å². The zero-order valence-electron chi connectivity index (χ0n) is 16.6. The monoisotopic (exact) mass is 396 g/mol. The summed E-state index contributed by atoms with van der Waals surface area (Å²) < 4.78 is 13.8. The number of fused-ring (bicyclic) bond motifs is 1. The Balaban J connectivity index is 1.43. The van der Waals surface area contributed by atoms with Gasteiger partial charge in [-0.1, -0.05) is 18.2 Å². The molecule has 0 unspecified atom stereocenters. The number of amides is 2. The third-order valence-corrected chi connectivity index (χ3v) is 5.84.